The van der Waals surface area contributed by atoms with Crippen molar-refractivity contribution in [3.63, 3.8) is 0 Å². The Morgan fingerprint density at radius 1 is 1.24 bits per heavy atom. The Hall–Kier alpha value is -1.58. The van der Waals surface area contributed by atoms with Gasteiger partial charge in [-0.1, -0.05) is 33.8 Å². The van der Waals surface area contributed by atoms with E-state index in [1.54, 1.807) is 12.1 Å². The normalized spacial score (nSPS) is 20.9. The zero-order valence-corrected chi connectivity index (χ0v) is 10.6. The second kappa shape index (κ2) is 3.45. The largest absolute Gasteiger partial charge is 0.347 e. The predicted octanol–water partition coefficient (Wildman–Crippen LogP) is 1.54. The van der Waals surface area contributed by atoms with Gasteiger partial charge in [-0.15, -0.1) is 0 Å². The van der Waals surface area contributed by atoms with Crippen LogP contribution in [-0.4, -0.2) is 16.9 Å². The molecule has 0 unspecified atom stereocenters. The lowest BCUT2D eigenvalue weighted by Gasteiger charge is -2.06. The summed E-state index contributed by atoms with van der Waals surface area (Å²) in [5.41, 5.74) is 0.248. The summed E-state index contributed by atoms with van der Waals surface area (Å²) >= 11 is 0. The molecular weight excluding hydrogens is 216 g/mol. The minimum atomic E-state index is -0.257. The molecule has 0 aliphatic heterocycles. The van der Waals surface area contributed by atoms with Crippen molar-refractivity contribution in [2.45, 2.75) is 33.7 Å². The number of rotatable bonds is 2. The SMILES string of the molecule is CC1(C)C(NC(=O)c2cccc(=O)[nH]2)C1(C)C. The lowest BCUT2D eigenvalue weighted by atomic mass is 10.0. The second-order valence-corrected chi connectivity index (χ2v) is 5.78. The van der Waals surface area contributed by atoms with E-state index in [0.717, 1.165) is 0 Å². The van der Waals surface area contributed by atoms with Crippen LogP contribution < -0.4 is 10.9 Å². The molecule has 4 heteroatoms. The Kier molecular flexibility index (Phi) is 2.42. The van der Waals surface area contributed by atoms with Crippen LogP contribution in [0.5, 0.6) is 0 Å². The second-order valence-electron chi connectivity index (χ2n) is 5.78. The van der Waals surface area contributed by atoms with Crippen LogP contribution in [0.15, 0.2) is 23.0 Å². The number of carbonyl (C=O) groups is 1. The summed E-state index contributed by atoms with van der Waals surface area (Å²) in [6.45, 7) is 8.52. The number of hydrogen-bond donors (Lipinski definition) is 2. The average Bonchev–Trinajstić information content (AvgIpc) is 2.61. The van der Waals surface area contributed by atoms with Crippen LogP contribution in [0, 0.1) is 10.8 Å². The summed E-state index contributed by atoms with van der Waals surface area (Å²) in [6.07, 6.45) is 0. The van der Waals surface area contributed by atoms with Gasteiger partial charge in [0.1, 0.15) is 5.69 Å². The molecule has 0 atom stereocenters. The minimum Gasteiger partial charge on any atom is -0.347 e. The highest BCUT2D eigenvalue weighted by atomic mass is 16.2. The van der Waals surface area contributed by atoms with Crippen molar-refractivity contribution in [2.75, 3.05) is 0 Å². The Balaban J connectivity index is 2.12. The molecule has 1 heterocycles. The van der Waals surface area contributed by atoms with E-state index in [9.17, 15) is 9.59 Å². The molecule has 1 fully saturated rings. The number of nitrogens with one attached hydrogen (secondary N) is 2. The lowest BCUT2D eigenvalue weighted by Crippen LogP contribution is -2.31. The molecule has 0 spiro atoms. The van der Waals surface area contributed by atoms with Gasteiger partial charge in [0.15, 0.2) is 0 Å². The number of hydrogen-bond acceptors (Lipinski definition) is 2. The van der Waals surface area contributed by atoms with E-state index >= 15 is 0 Å². The molecule has 4 nitrogen and oxygen atoms in total. The van der Waals surface area contributed by atoms with E-state index in [2.05, 4.69) is 38.0 Å². The zero-order chi connectivity index (χ0) is 12.8. The average molecular weight is 234 g/mol. The first-order valence-corrected chi connectivity index (χ1v) is 5.77. The van der Waals surface area contributed by atoms with Gasteiger partial charge in [0.25, 0.3) is 5.91 Å². The topological polar surface area (TPSA) is 62.0 Å². The Labute approximate surface area is 100 Å². The summed E-state index contributed by atoms with van der Waals surface area (Å²) in [4.78, 5) is 25.6. The van der Waals surface area contributed by atoms with Crippen LogP contribution in [0.4, 0.5) is 0 Å². The van der Waals surface area contributed by atoms with Gasteiger partial charge in [0, 0.05) is 12.1 Å². The third-order valence-corrected chi connectivity index (χ3v) is 4.31. The van der Waals surface area contributed by atoms with E-state index in [4.69, 9.17) is 0 Å². The molecule has 1 aliphatic carbocycles. The van der Waals surface area contributed by atoms with Crippen LogP contribution in [0.3, 0.4) is 0 Å². The number of aromatic amines is 1. The van der Waals surface area contributed by atoms with Crippen LogP contribution >= 0.6 is 0 Å². The molecule has 0 saturated heterocycles. The smallest absolute Gasteiger partial charge is 0.268 e. The van der Waals surface area contributed by atoms with Crippen molar-refractivity contribution in [1.29, 1.82) is 0 Å². The molecule has 2 N–H and O–H groups in total. The van der Waals surface area contributed by atoms with Gasteiger partial charge in [-0.2, -0.15) is 0 Å². The van der Waals surface area contributed by atoms with Crippen molar-refractivity contribution in [3.8, 4) is 0 Å². The monoisotopic (exact) mass is 234 g/mol. The molecule has 2 rings (SSSR count). The number of carbonyl (C=O) groups excluding carboxylic acids is 1. The summed E-state index contributed by atoms with van der Waals surface area (Å²) in [5.74, 6) is -0.216. The van der Waals surface area contributed by atoms with Crippen molar-refractivity contribution in [3.05, 3.63) is 34.2 Å². The third kappa shape index (κ3) is 1.77. The quantitative estimate of drug-likeness (QED) is 0.815. The van der Waals surface area contributed by atoms with Gasteiger partial charge in [-0.25, -0.2) is 0 Å². The molecule has 92 valence electrons. The molecular formula is C13H18N2O2. The van der Waals surface area contributed by atoms with E-state index in [-0.39, 0.29) is 28.3 Å². The van der Waals surface area contributed by atoms with Gasteiger partial charge in [-0.3, -0.25) is 9.59 Å². The standard InChI is InChI=1S/C13H18N2O2/c1-12(2)11(13(12,3)4)15-10(17)8-6-5-7-9(16)14-8/h5-7,11H,1-4H3,(H,14,16)(H,15,17). The summed E-state index contributed by atoms with van der Waals surface area (Å²) in [7, 11) is 0. The Morgan fingerprint density at radius 2 is 1.82 bits per heavy atom. The highest BCUT2D eigenvalue weighted by Gasteiger charge is 2.65. The molecule has 1 aliphatic rings. The molecule has 1 amide bonds. The number of amides is 1. The maximum absolute atomic E-state index is 11.9. The molecule has 0 radical (unpaired) electrons. The number of pyridine rings is 1. The van der Waals surface area contributed by atoms with Gasteiger partial charge >= 0.3 is 0 Å². The summed E-state index contributed by atoms with van der Waals surface area (Å²) in [6, 6.07) is 4.73. The fourth-order valence-electron chi connectivity index (χ4n) is 2.35. The molecule has 1 aromatic heterocycles. The fraction of sp³-hybridized carbons (Fsp3) is 0.538. The maximum Gasteiger partial charge on any atom is 0.268 e. The Morgan fingerprint density at radius 3 is 2.29 bits per heavy atom. The molecule has 17 heavy (non-hydrogen) atoms. The van der Waals surface area contributed by atoms with Gasteiger partial charge in [-0.05, 0) is 16.9 Å². The van der Waals surface area contributed by atoms with Crippen molar-refractivity contribution < 1.29 is 4.79 Å². The molecule has 1 aromatic rings. The van der Waals surface area contributed by atoms with E-state index in [1.165, 1.54) is 6.07 Å². The lowest BCUT2D eigenvalue weighted by molar-refractivity contribution is 0.0938. The van der Waals surface area contributed by atoms with E-state index < -0.39 is 0 Å². The minimum absolute atomic E-state index is 0.0950. The zero-order valence-electron chi connectivity index (χ0n) is 10.6. The van der Waals surface area contributed by atoms with Crippen LogP contribution in [-0.2, 0) is 0 Å². The van der Waals surface area contributed by atoms with Crippen molar-refractivity contribution >= 4 is 5.91 Å². The van der Waals surface area contributed by atoms with Crippen LogP contribution in [0.1, 0.15) is 38.2 Å². The van der Waals surface area contributed by atoms with E-state index in [0.29, 0.717) is 5.69 Å². The van der Waals surface area contributed by atoms with E-state index in [1.807, 2.05) is 0 Å². The predicted molar refractivity (Wildman–Crippen MR) is 65.9 cm³/mol. The highest BCUT2D eigenvalue weighted by Crippen LogP contribution is 2.62. The van der Waals surface area contributed by atoms with Crippen molar-refractivity contribution in [1.82, 2.24) is 10.3 Å². The first kappa shape index (κ1) is 11.9. The maximum atomic E-state index is 11.9. The molecule has 1 saturated carbocycles. The molecule has 0 bridgehead atoms. The van der Waals surface area contributed by atoms with Gasteiger partial charge in [0.05, 0.1) is 0 Å². The summed E-state index contributed by atoms with van der Waals surface area (Å²) < 4.78 is 0. The third-order valence-electron chi connectivity index (χ3n) is 4.31. The molecule has 0 aromatic carbocycles. The number of aromatic nitrogens is 1. The highest BCUT2D eigenvalue weighted by molar-refractivity contribution is 5.92. The Bertz CT molecular complexity index is 500. The van der Waals surface area contributed by atoms with Gasteiger partial charge in [0.2, 0.25) is 5.56 Å². The first-order chi connectivity index (χ1) is 7.76. The fourth-order valence-corrected chi connectivity index (χ4v) is 2.35. The first-order valence-electron chi connectivity index (χ1n) is 5.77. The summed E-state index contributed by atoms with van der Waals surface area (Å²) in [5, 5.41) is 2.97. The number of H-pyrrole nitrogens is 1. The van der Waals surface area contributed by atoms with Crippen molar-refractivity contribution in [2.24, 2.45) is 10.8 Å². The van der Waals surface area contributed by atoms with Gasteiger partial charge < -0.3 is 10.3 Å². The van der Waals surface area contributed by atoms with Crippen LogP contribution in [0.2, 0.25) is 0 Å². The van der Waals surface area contributed by atoms with Crippen LogP contribution in [0.25, 0.3) is 0 Å².